The van der Waals surface area contributed by atoms with Gasteiger partial charge in [0.15, 0.2) is 0 Å². The highest BCUT2D eigenvalue weighted by Gasteiger charge is 2.18. The van der Waals surface area contributed by atoms with Crippen LogP contribution in [0.4, 0.5) is 0 Å². The van der Waals surface area contributed by atoms with E-state index < -0.39 is 10.8 Å². The van der Waals surface area contributed by atoms with E-state index >= 15 is 0 Å². The number of rotatable bonds is 4. The van der Waals surface area contributed by atoms with Crippen molar-refractivity contribution in [1.82, 2.24) is 0 Å². The van der Waals surface area contributed by atoms with Crippen LogP contribution < -0.4 is 0 Å². The third kappa shape index (κ3) is 3.43. The Balaban J connectivity index is 2.85. The van der Waals surface area contributed by atoms with Crippen molar-refractivity contribution in [2.45, 2.75) is 25.0 Å². The van der Waals surface area contributed by atoms with Gasteiger partial charge in [0, 0.05) is 28.2 Å². The molecule has 1 aromatic carbocycles. The van der Waals surface area contributed by atoms with Crippen LogP contribution in [0.2, 0.25) is 0 Å². The summed E-state index contributed by atoms with van der Waals surface area (Å²) in [6.07, 6.45) is 1.70. The van der Waals surface area contributed by atoms with Crippen LogP contribution in [0, 0.1) is 0 Å². The number of hydrogen-bond acceptors (Lipinski definition) is 2. The molecule has 0 bridgehead atoms. The standard InChI is InChI=1S/C12H18O2S/c1-12(2,9-13)11-6-4-10(5-7-11)8-15(3)14/h4-7,13H,8-9H2,1-3H3. The fraction of sp³-hybridized carbons (Fsp3) is 0.500. The molecule has 0 aromatic heterocycles. The van der Waals surface area contributed by atoms with Gasteiger partial charge >= 0.3 is 0 Å². The summed E-state index contributed by atoms with van der Waals surface area (Å²) < 4.78 is 11.0. The van der Waals surface area contributed by atoms with Crippen molar-refractivity contribution in [3.63, 3.8) is 0 Å². The van der Waals surface area contributed by atoms with Crippen molar-refractivity contribution < 1.29 is 9.32 Å². The predicted octanol–water partition coefficient (Wildman–Crippen LogP) is 1.83. The zero-order valence-corrected chi connectivity index (χ0v) is 10.3. The molecule has 1 N–H and O–H groups in total. The van der Waals surface area contributed by atoms with E-state index in [4.69, 9.17) is 0 Å². The van der Waals surface area contributed by atoms with E-state index in [1.165, 1.54) is 0 Å². The molecule has 84 valence electrons. The van der Waals surface area contributed by atoms with Crippen LogP contribution in [0.5, 0.6) is 0 Å². The maximum atomic E-state index is 11.0. The van der Waals surface area contributed by atoms with Crippen molar-refractivity contribution in [1.29, 1.82) is 0 Å². The van der Waals surface area contributed by atoms with Gasteiger partial charge in [0.1, 0.15) is 0 Å². The minimum Gasteiger partial charge on any atom is -0.395 e. The lowest BCUT2D eigenvalue weighted by Gasteiger charge is -2.22. The van der Waals surface area contributed by atoms with Gasteiger partial charge < -0.3 is 5.11 Å². The summed E-state index contributed by atoms with van der Waals surface area (Å²) in [7, 11) is -0.795. The first-order chi connectivity index (χ1) is 6.95. The first-order valence-electron chi connectivity index (χ1n) is 4.96. The number of aliphatic hydroxyl groups is 1. The van der Waals surface area contributed by atoms with Crippen LogP contribution in [0.3, 0.4) is 0 Å². The second kappa shape index (κ2) is 4.90. The van der Waals surface area contributed by atoms with Crippen LogP contribution in [0.25, 0.3) is 0 Å². The van der Waals surface area contributed by atoms with Gasteiger partial charge in [0.05, 0.1) is 6.61 Å². The Hall–Kier alpha value is -0.670. The zero-order chi connectivity index (χ0) is 11.5. The Morgan fingerprint density at radius 1 is 1.27 bits per heavy atom. The molecule has 15 heavy (non-hydrogen) atoms. The Labute approximate surface area is 93.8 Å². The lowest BCUT2D eigenvalue weighted by atomic mass is 9.85. The van der Waals surface area contributed by atoms with E-state index in [1.807, 2.05) is 38.1 Å². The van der Waals surface area contributed by atoms with E-state index in [2.05, 4.69) is 0 Å². The molecule has 0 aliphatic rings. The Morgan fingerprint density at radius 2 is 1.80 bits per heavy atom. The van der Waals surface area contributed by atoms with E-state index in [9.17, 15) is 9.32 Å². The summed E-state index contributed by atoms with van der Waals surface area (Å²) in [4.78, 5) is 0. The van der Waals surface area contributed by atoms with E-state index in [1.54, 1.807) is 6.26 Å². The monoisotopic (exact) mass is 226 g/mol. The lowest BCUT2D eigenvalue weighted by molar-refractivity contribution is 0.218. The molecule has 0 aliphatic heterocycles. The first-order valence-corrected chi connectivity index (χ1v) is 6.69. The Kier molecular flexibility index (Phi) is 4.05. The molecule has 0 aliphatic carbocycles. The third-order valence-corrected chi connectivity index (χ3v) is 3.24. The maximum Gasteiger partial charge on any atom is 0.0522 e. The SMILES string of the molecule is CS(=O)Cc1ccc(C(C)(C)CO)cc1. The largest absolute Gasteiger partial charge is 0.395 e. The Bertz CT molecular complexity index is 341. The van der Waals surface area contributed by atoms with Gasteiger partial charge in [-0.25, -0.2) is 0 Å². The number of aliphatic hydroxyl groups excluding tert-OH is 1. The van der Waals surface area contributed by atoms with Gasteiger partial charge in [0.25, 0.3) is 0 Å². The fourth-order valence-corrected chi connectivity index (χ4v) is 2.04. The van der Waals surface area contributed by atoms with Crippen molar-refractivity contribution in [2.24, 2.45) is 0 Å². The quantitative estimate of drug-likeness (QED) is 0.850. The average Bonchev–Trinajstić information content (AvgIpc) is 2.18. The van der Waals surface area contributed by atoms with Crippen molar-refractivity contribution in [3.8, 4) is 0 Å². The topological polar surface area (TPSA) is 37.3 Å². The third-order valence-electron chi connectivity index (χ3n) is 2.50. The van der Waals surface area contributed by atoms with Crippen LogP contribution >= 0.6 is 0 Å². The smallest absolute Gasteiger partial charge is 0.0522 e. The van der Waals surface area contributed by atoms with Crippen molar-refractivity contribution in [3.05, 3.63) is 35.4 Å². The molecule has 2 nitrogen and oxygen atoms in total. The van der Waals surface area contributed by atoms with Crippen LogP contribution in [-0.4, -0.2) is 22.2 Å². The molecule has 0 spiro atoms. The summed E-state index contributed by atoms with van der Waals surface area (Å²) in [5.41, 5.74) is 1.98. The highest BCUT2D eigenvalue weighted by Crippen LogP contribution is 2.22. The van der Waals surface area contributed by atoms with E-state index in [-0.39, 0.29) is 12.0 Å². The van der Waals surface area contributed by atoms with Gasteiger partial charge in [-0.1, -0.05) is 38.1 Å². The molecular formula is C12H18O2S. The van der Waals surface area contributed by atoms with Gasteiger partial charge in [-0.15, -0.1) is 0 Å². The Morgan fingerprint density at radius 3 is 2.20 bits per heavy atom. The van der Waals surface area contributed by atoms with Crippen LogP contribution in [0.15, 0.2) is 24.3 Å². The van der Waals surface area contributed by atoms with Crippen molar-refractivity contribution >= 4 is 10.8 Å². The summed E-state index contributed by atoms with van der Waals surface area (Å²) in [6.45, 7) is 4.13. The molecule has 1 aromatic rings. The van der Waals surface area contributed by atoms with Crippen LogP contribution in [0.1, 0.15) is 25.0 Å². The highest BCUT2D eigenvalue weighted by atomic mass is 32.2. The maximum absolute atomic E-state index is 11.0. The average molecular weight is 226 g/mol. The molecule has 0 heterocycles. The van der Waals surface area contributed by atoms with Gasteiger partial charge in [-0.05, 0) is 11.1 Å². The number of benzene rings is 1. The molecule has 0 saturated carbocycles. The second-order valence-corrected chi connectivity index (χ2v) is 5.89. The molecule has 1 atom stereocenters. The minimum absolute atomic E-state index is 0.131. The zero-order valence-electron chi connectivity index (χ0n) is 9.49. The summed E-state index contributed by atoms with van der Waals surface area (Å²) in [6, 6.07) is 7.96. The minimum atomic E-state index is -0.795. The second-order valence-electron chi connectivity index (χ2n) is 4.46. The van der Waals surface area contributed by atoms with Crippen LogP contribution in [-0.2, 0) is 22.0 Å². The highest BCUT2D eigenvalue weighted by molar-refractivity contribution is 7.83. The molecule has 0 radical (unpaired) electrons. The summed E-state index contributed by atoms with van der Waals surface area (Å²) in [5.74, 6) is 0.597. The van der Waals surface area contributed by atoms with Crippen molar-refractivity contribution in [2.75, 3.05) is 12.9 Å². The van der Waals surface area contributed by atoms with Gasteiger partial charge in [0.2, 0.25) is 0 Å². The predicted molar refractivity (Wildman–Crippen MR) is 64.3 cm³/mol. The first kappa shape index (κ1) is 12.4. The molecule has 0 amide bonds. The molecule has 0 saturated heterocycles. The van der Waals surface area contributed by atoms with E-state index in [0.29, 0.717) is 5.75 Å². The van der Waals surface area contributed by atoms with Gasteiger partial charge in [-0.3, -0.25) is 4.21 Å². The summed E-state index contributed by atoms with van der Waals surface area (Å²) in [5, 5.41) is 9.21. The lowest BCUT2D eigenvalue weighted by Crippen LogP contribution is -2.21. The molecule has 0 fully saturated rings. The summed E-state index contributed by atoms with van der Waals surface area (Å²) >= 11 is 0. The molecular weight excluding hydrogens is 208 g/mol. The fourth-order valence-electron chi connectivity index (χ4n) is 1.38. The number of hydrogen-bond donors (Lipinski definition) is 1. The van der Waals surface area contributed by atoms with E-state index in [0.717, 1.165) is 11.1 Å². The molecule has 1 rings (SSSR count). The molecule has 1 unspecified atom stereocenters. The van der Waals surface area contributed by atoms with Gasteiger partial charge in [-0.2, -0.15) is 0 Å². The normalized spacial score (nSPS) is 13.9. The molecule has 3 heteroatoms.